The molecule has 0 radical (unpaired) electrons. The van der Waals surface area contributed by atoms with Crippen LogP contribution >= 0.6 is 0 Å². The van der Waals surface area contributed by atoms with Crippen molar-refractivity contribution in [1.29, 1.82) is 0 Å². The highest BCUT2D eigenvalue weighted by molar-refractivity contribution is 5.67. The molecule has 2 heterocycles. The van der Waals surface area contributed by atoms with Crippen molar-refractivity contribution in [2.24, 2.45) is 0 Å². The second-order valence-electron chi connectivity index (χ2n) is 5.07. The molecule has 0 saturated carbocycles. The number of nitrogens with one attached hydrogen (secondary N) is 2. The van der Waals surface area contributed by atoms with Gasteiger partial charge in [-0.3, -0.25) is 5.10 Å². The van der Waals surface area contributed by atoms with Gasteiger partial charge < -0.3 is 5.32 Å². The minimum absolute atomic E-state index is 0.454. The van der Waals surface area contributed by atoms with Gasteiger partial charge in [0.15, 0.2) is 0 Å². The van der Waals surface area contributed by atoms with E-state index in [1.54, 1.807) is 0 Å². The van der Waals surface area contributed by atoms with E-state index in [2.05, 4.69) is 53.6 Å². The van der Waals surface area contributed by atoms with Crippen LogP contribution in [0.25, 0.3) is 11.3 Å². The summed E-state index contributed by atoms with van der Waals surface area (Å²) in [5, 5.41) is 11.3. The minimum atomic E-state index is 0.454. The Labute approximate surface area is 108 Å². The fraction of sp³-hybridized carbons (Fsp3) is 0.400. The zero-order valence-corrected chi connectivity index (χ0v) is 11.0. The van der Waals surface area contributed by atoms with Crippen molar-refractivity contribution in [3.05, 3.63) is 41.1 Å². The molecule has 0 spiro atoms. The van der Waals surface area contributed by atoms with Crippen molar-refractivity contribution in [1.82, 2.24) is 15.5 Å². The average molecular weight is 241 g/mol. The summed E-state index contributed by atoms with van der Waals surface area (Å²) in [5.41, 5.74) is 6.14. The van der Waals surface area contributed by atoms with Gasteiger partial charge in [0.25, 0.3) is 0 Å². The van der Waals surface area contributed by atoms with E-state index in [0.717, 1.165) is 12.2 Å². The van der Waals surface area contributed by atoms with Crippen molar-refractivity contribution >= 4 is 0 Å². The molecule has 94 valence electrons. The summed E-state index contributed by atoms with van der Waals surface area (Å²) in [6, 6.07) is 8.88. The molecule has 0 aliphatic carbocycles. The van der Waals surface area contributed by atoms with Gasteiger partial charge in [-0.1, -0.05) is 24.3 Å². The molecule has 1 atom stereocenters. The molecule has 1 aromatic heterocycles. The Kier molecular flexibility index (Phi) is 2.92. The predicted octanol–water partition coefficient (Wildman–Crippen LogP) is 3.12. The number of rotatable bonds is 2. The number of hydrogen-bond acceptors (Lipinski definition) is 2. The first-order chi connectivity index (χ1) is 8.77. The third-order valence-corrected chi connectivity index (χ3v) is 3.86. The molecule has 2 aromatic rings. The van der Waals surface area contributed by atoms with Crippen molar-refractivity contribution in [3.8, 4) is 11.3 Å². The van der Waals surface area contributed by atoms with Gasteiger partial charge in [-0.05, 0) is 44.4 Å². The molecule has 3 nitrogen and oxygen atoms in total. The minimum Gasteiger partial charge on any atom is -0.309 e. The van der Waals surface area contributed by atoms with Gasteiger partial charge in [-0.25, -0.2) is 0 Å². The Hall–Kier alpha value is -1.61. The molecule has 1 fully saturated rings. The number of benzene rings is 1. The Morgan fingerprint density at radius 1 is 1.22 bits per heavy atom. The van der Waals surface area contributed by atoms with Crippen LogP contribution in [0.2, 0.25) is 0 Å². The summed E-state index contributed by atoms with van der Waals surface area (Å²) in [5.74, 6) is 0. The lowest BCUT2D eigenvalue weighted by molar-refractivity contribution is 0.622. The molecule has 1 unspecified atom stereocenters. The summed E-state index contributed by atoms with van der Waals surface area (Å²) in [6.07, 6.45) is 2.46. The van der Waals surface area contributed by atoms with Crippen molar-refractivity contribution in [3.63, 3.8) is 0 Å². The van der Waals surface area contributed by atoms with Crippen LogP contribution < -0.4 is 5.32 Å². The van der Waals surface area contributed by atoms with Crippen LogP contribution in [0.4, 0.5) is 0 Å². The largest absolute Gasteiger partial charge is 0.309 e. The first-order valence-electron chi connectivity index (χ1n) is 6.61. The van der Waals surface area contributed by atoms with Gasteiger partial charge >= 0.3 is 0 Å². The Morgan fingerprint density at radius 2 is 2.06 bits per heavy atom. The maximum absolute atomic E-state index is 4.53. The smallest absolute Gasteiger partial charge is 0.0955 e. The third-order valence-electron chi connectivity index (χ3n) is 3.86. The summed E-state index contributed by atoms with van der Waals surface area (Å²) in [6.45, 7) is 5.42. The van der Waals surface area contributed by atoms with Gasteiger partial charge in [-0.15, -0.1) is 0 Å². The summed E-state index contributed by atoms with van der Waals surface area (Å²) >= 11 is 0. The van der Waals surface area contributed by atoms with Crippen LogP contribution in [0.15, 0.2) is 24.3 Å². The van der Waals surface area contributed by atoms with E-state index < -0.39 is 0 Å². The molecule has 1 aliphatic heterocycles. The van der Waals surface area contributed by atoms with Crippen molar-refractivity contribution < 1.29 is 0 Å². The number of hydrogen-bond donors (Lipinski definition) is 2. The molecular weight excluding hydrogens is 222 g/mol. The van der Waals surface area contributed by atoms with E-state index in [9.17, 15) is 0 Å². The lowest BCUT2D eigenvalue weighted by atomic mass is 10.00. The van der Waals surface area contributed by atoms with Gasteiger partial charge in [0, 0.05) is 11.6 Å². The molecule has 0 bridgehead atoms. The van der Waals surface area contributed by atoms with E-state index in [1.807, 2.05) is 0 Å². The predicted molar refractivity (Wildman–Crippen MR) is 73.5 cm³/mol. The van der Waals surface area contributed by atoms with Gasteiger partial charge in [0.05, 0.1) is 11.4 Å². The van der Waals surface area contributed by atoms with Gasteiger partial charge in [0.1, 0.15) is 0 Å². The van der Waals surface area contributed by atoms with Crippen LogP contribution in [0.5, 0.6) is 0 Å². The molecule has 0 amide bonds. The van der Waals surface area contributed by atoms with E-state index in [-0.39, 0.29) is 0 Å². The highest BCUT2D eigenvalue weighted by Crippen LogP contribution is 2.31. The first kappa shape index (κ1) is 11.5. The SMILES string of the molecule is Cc1ccccc1-c1n[nH]c(C2CCCN2)c1C. The highest BCUT2D eigenvalue weighted by Gasteiger charge is 2.22. The molecule has 2 N–H and O–H groups in total. The Balaban J connectivity index is 2.02. The fourth-order valence-corrected chi connectivity index (χ4v) is 2.78. The van der Waals surface area contributed by atoms with Crippen molar-refractivity contribution in [2.75, 3.05) is 6.54 Å². The number of nitrogens with zero attached hydrogens (tertiary/aromatic N) is 1. The van der Waals surface area contributed by atoms with E-state index in [1.165, 1.54) is 35.2 Å². The van der Waals surface area contributed by atoms with Crippen LogP contribution in [-0.2, 0) is 0 Å². The lowest BCUT2D eigenvalue weighted by Crippen LogP contribution is -2.14. The Morgan fingerprint density at radius 3 is 2.78 bits per heavy atom. The molecule has 1 aromatic carbocycles. The third kappa shape index (κ3) is 1.85. The van der Waals surface area contributed by atoms with Gasteiger partial charge in [0.2, 0.25) is 0 Å². The van der Waals surface area contributed by atoms with Crippen LogP contribution in [-0.4, -0.2) is 16.7 Å². The summed E-state index contributed by atoms with van der Waals surface area (Å²) in [4.78, 5) is 0. The van der Waals surface area contributed by atoms with E-state index >= 15 is 0 Å². The average Bonchev–Trinajstić information content (AvgIpc) is 2.99. The number of aryl methyl sites for hydroxylation is 1. The zero-order chi connectivity index (χ0) is 12.5. The maximum atomic E-state index is 4.53. The normalized spacial score (nSPS) is 19.3. The topological polar surface area (TPSA) is 40.7 Å². The quantitative estimate of drug-likeness (QED) is 0.848. The van der Waals surface area contributed by atoms with Crippen LogP contribution in [0.3, 0.4) is 0 Å². The first-order valence-corrected chi connectivity index (χ1v) is 6.61. The molecular formula is C15H19N3. The standard InChI is InChI=1S/C15H19N3/c1-10-6-3-4-7-12(10)14-11(2)15(18-17-14)13-8-5-9-16-13/h3-4,6-7,13,16H,5,8-9H2,1-2H3,(H,17,18). The van der Waals surface area contributed by atoms with Crippen LogP contribution in [0.1, 0.15) is 35.7 Å². The summed E-state index contributed by atoms with van der Waals surface area (Å²) < 4.78 is 0. The molecule has 18 heavy (non-hydrogen) atoms. The molecule has 3 rings (SSSR count). The number of aromatic nitrogens is 2. The molecule has 3 heteroatoms. The molecule has 1 aliphatic rings. The molecule has 1 saturated heterocycles. The zero-order valence-electron chi connectivity index (χ0n) is 11.0. The second-order valence-corrected chi connectivity index (χ2v) is 5.07. The van der Waals surface area contributed by atoms with Crippen molar-refractivity contribution in [2.45, 2.75) is 32.7 Å². The Bertz CT molecular complexity index is 551. The van der Waals surface area contributed by atoms with Gasteiger partial charge in [-0.2, -0.15) is 5.10 Å². The fourth-order valence-electron chi connectivity index (χ4n) is 2.78. The second kappa shape index (κ2) is 4.58. The maximum Gasteiger partial charge on any atom is 0.0955 e. The van der Waals surface area contributed by atoms with E-state index in [4.69, 9.17) is 0 Å². The number of H-pyrrole nitrogens is 1. The monoisotopic (exact) mass is 241 g/mol. The highest BCUT2D eigenvalue weighted by atomic mass is 15.1. The number of aromatic amines is 1. The lowest BCUT2D eigenvalue weighted by Gasteiger charge is -2.09. The van der Waals surface area contributed by atoms with Crippen LogP contribution in [0, 0.1) is 13.8 Å². The summed E-state index contributed by atoms with van der Waals surface area (Å²) in [7, 11) is 0. The van der Waals surface area contributed by atoms with E-state index in [0.29, 0.717) is 6.04 Å².